The van der Waals surface area contributed by atoms with Gasteiger partial charge in [0.25, 0.3) is 0 Å². The number of aliphatic hydroxyl groups is 1. The highest BCUT2D eigenvalue weighted by molar-refractivity contribution is 5.72. The van der Waals surface area contributed by atoms with Crippen LogP contribution in [0.4, 0.5) is 0 Å². The Bertz CT molecular complexity index is 342. The number of aliphatic hydroxyl groups excluding tert-OH is 1. The predicted octanol–water partition coefficient (Wildman–Crippen LogP) is 0.489. The third-order valence-corrected chi connectivity index (χ3v) is 2.22. The Morgan fingerprint density at radius 3 is 2.65 bits per heavy atom. The van der Waals surface area contributed by atoms with E-state index in [-0.39, 0.29) is 13.2 Å². The zero-order valence-corrected chi connectivity index (χ0v) is 9.67. The Hall–Kier alpha value is -1.59. The van der Waals surface area contributed by atoms with Gasteiger partial charge in [0, 0.05) is 6.54 Å². The minimum Gasteiger partial charge on any atom is -0.491 e. The zero-order chi connectivity index (χ0) is 12.7. The van der Waals surface area contributed by atoms with Gasteiger partial charge in [0.1, 0.15) is 24.5 Å². The van der Waals surface area contributed by atoms with Crippen molar-refractivity contribution in [3.63, 3.8) is 0 Å². The Labute approximate surface area is 100 Å². The van der Waals surface area contributed by atoms with Crippen LogP contribution in [0.15, 0.2) is 30.3 Å². The van der Waals surface area contributed by atoms with Crippen molar-refractivity contribution >= 4 is 5.97 Å². The second-order valence-electron chi connectivity index (χ2n) is 3.75. The van der Waals surface area contributed by atoms with Gasteiger partial charge in [-0.3, -0.25) is 4.79 Å². The van der Waals surface area contributed by atoms with Gasteiger partial charge in [-0.2, -0.15) is 0 Å². The third-order valence-electron chi connectivity index (χ3n) is 2.22. The van der Waals surface area contributed by atoms with E-state index in [1.807, 2.05) is 18.2 Å². The molecule has 5 nitrogen and oxygen atoms in total. The van der Waals surface area contributed by atoms with Gasteiger partial charge in [-0.25, -0.2) is 0 Å². The van der Waals surface area contributed by atoms with Gasteiger partial charge in [0.15, 0.2) is 0 Å². The van der Waals surface area contributed by atoms with Crippen LogP contribution in [0.25, 0.3) is 0 Å². The van der Waals surface area contributed by atoms with Gasteiger partial charge in [-0.1, -0.05) is 18.2 Å². The number of carbonyl (C=O) groups is 1. The number of carboxylic acid groups (broad SMARTS) is 1. The SMILES string of the molecule is C[C@@H](NC[C@@H](O)COc1ccccc1)C(=O)O. The van der Waals surface area contributed by atoms with Crippen molar-refractivity contribution in [2.45, 2.75) is 19.1 Å². The number of nitrogens with one attached hydrogen (secondary N) is 1. The minimum atomic E-state index is -0.943. The number of hydrogen-bond acceptors (Lipinski definition) is 4. The van der Waals surface area contributed by atoms with E-state index in [4.69, 9.17) is 9.84 Å². The zero-order valence-electron chi connectivity index (χ0n) is 9.67. The van der Waals surface area contributed by atoms with Gasteiger partial charge in [0.05, 0.1) is 0 Å². The first-order valence-electron chi connectivity index (χ1n) is 5.41. The smallest absolute Gasteiger partial charge is 0.320 e. The molecular weight excluding hydrogens is 222 g/mol. The molecule has 0 saturated carbocycles. The molecule has 0 aliphatic heterocycles. The van der Waals surface area contributed by atoms with Gasteiger partial charge >= 0.3 is 5.97 Å². The molecule has 0 unspecified atom stereocenters. The fourth-order valence-electron chi connectivity index (χ4n) is 1.17. The maximum atomic E-state index is 10.5. The summed E-state index contributed by atoms with van der Waals surface area (Å²) in [6.07, 6.45) is -0.739. The molecule has 0 spiro atoms. The summed E-state index contributed by atoms with van der Waals surface area (Å²) < 4.78 is 5.32. The highest BCUT2D eigenvalue weighted by Gasteiger charge is 2.12. The lowest BCUT2D eigenvalue weighted by Gasteiger charge is -2.15. The monoisotopic (exact) mass is 239 g/mol. The van der Waals surface area contributed by atoms with E-state index in [0.717, 1.165) is 0 Å². The number of benzene rings is 1. The Kier molecular flexibility index (Phi) is 5.45. The second kappa shape index (κ2) is 6.88. The third kappa shape index (κ3) is 5.33. The average Bonchev–Trinajstić information content (AvgIpc) is 2.34. The van der Waals surface area contributed by atoms with Crippen molar-refractivity contribution in [1.82, 2.24) is 5.32 Å². The van der Waals surface area contributed by atoms with E-state index in [1.54, 1.807) is 12.1 Å². The summed E-state index contributed by atoms with van der Waals surface area (Å²) in [4.78, 5) is 10.5. The maximum absolute atomic E-state index is 10.5. The van der Waals surface area contributed by atoms with Crippen LogP contribution in [0.3, 0.4) is 0 Å². The summed E-state index contributed by atoms with van der Waals surface area (Å²) in [5, 5.41) is 20.9. The molecule has 1 aromatic rings. The number of rotatable bonds is 7. The molecular formula is C12H17NO4. The van der Waals surface area contributed by atoms with Crippen LogP contribution in [0, 0.1) is 0 Å². The molecule has 94 valence electrons. The van der Waals surface area contributed by atoms with E-state index < -0.39 is 18.1 Å². The summed E-state index contributed by atoms with van der Waals surface area (Å²) in [5.41, 5.74) is 0. The molecule has 2 atom stereocenters. The van der Waals surface area contributed by atoms with Crippen LogP contribution >= 0.6 is 0 Å². The lowest BCUT2D eigenvalue weighted by Crippen LogP contribution is -2.40. The second-order valence-corrected chi connectivity index (χ2v) is 3.75. The molecule has 17 heavy (non-hydrogen) atoms. The number of ether oxygens (including phenoxy) is 1. The molecule has 0 radical (unpaired) electrons. The summed E-state index contributed by atoms with van der Waals surface area (Å²) >= 11 is 0. The molecule has 1 rings (SSSR count). The lowest BCUT2D eigenvalue weighted by atomic mass is 10.3. The maximum Gasteiger partial charge on any atom is 0.320 e. The molecule has 0 saturated heterocycles. The topological polar surface area (TPSA) is 78.8 Å². The minimum absolute atomic E-state index is 0.128. The quantitative estimate of drug-likeness (QED) is 0.645. The molecule has 0 amide bonds. The normalized spacial score (nSPS) is 14.0. The number of hydrogen-bond donors (Lipinski definition) is 3. The molecule has 0 aliphatic carbocycles. The van der Waals surface area contributed by atoms with Crippen LogP contribution in [0.2, 0.25) is 0 Å². The summed E-state index contributed by atoms with van der Waals surface area (Å²) in [6.45, 7) is 1.83. The molecule has 0 fully saturated rings. The first-order valence-corrected chi connectivity index (χ1v) is 5.41. The Balaban J connectivity index is 2.22. The summed E-state index contributed by atoms with van der Waals surface area (Å²) in [7, 11) is 0. The van der Waals surface area contributed by atoms with E-state index in [9.17, 15) is 9.90 Å². The van der Waals surface area contributed by atoms with Crippen molar-refractivity contribution in [1.29, 1.82) is 0 Å². The van der Waals surface area contributed by atoms with Crippen molar-refractivity contribution in [2.75, 3.05) is 13.2 Å². The van der Waals surface area contributed by atoms with E-state index >= 15 is 0 Å². The standard InChI is InChI=1S/C12H17NO4/c1-9(12(15)16)13-7-10(14)8-17-11-5-3-2-4-6-11/h2-6,9-10,13-14H,7-8H2,1H3,(H,15,16)/t9-,10-/m1/s1. The van der Waals surface area contributed by atoms with Crippen molar-refractivity contribution in [2.24, 2.45) is 0 Å². The predicted molar refractivity (Wildman–Crippen MR) is 63.0 cm³/mol. The summed E-state index contributed by atoms with van der Waals surface area (Å²) in [5.74, 6) is -0.265. The lowest BCUT2D eigenvalue weighted by molar-refractivity contribution is -0.139. The molecule has 0 heterocycles. The number of para-hydroxylation sites is 1. The van der Waals surface area contributed by atoms with Crippen molar-refractivity contribution in [3.8, 4) is 5.75 Å². The first-order chi connectivity index (χ1) is 8.09. The molecule has 3 N–H and O–H groups in total. The first kappa shape index (κ1) is 13.5. The molecule has 1 aromatic carbocycles. The Morgan fingerprint density at radius 1 is 1.41 bits per heavy atom. The Morgan fingerprint density at radius 2 is 2.06 bits per heavy atom. The van der Waals surface area contributed by atoms with Gasteiger partial charge < -0.3 is 20.3 Å². The molecule has 0 aromatic heterocycles. The van der Waals surface area contributed by atoms with Crippen LogP contribution < -0.4 is 10.1 Å². The number of aliphatic carboxylic acids is 1. The van der Waals surface area contributed by atoms with Gasteiger partial charge in [-0.05, 0) is 19.1 Å². The molecule has 0 bridgehead atoms. The van der Waals surface area contributed by atoms with Gasteiger partial charge in [0.2, 0.25) is 0 Å². The highest BCUT2D eigenvalue weighted by Crippen LogP contribution is 2.08. The number of carboxylic acids is 1. The fraction of sp³-hybridized carbons (Fsp3) is 0.417. The van der Waals surface area contributed by atoms with Crippen LogP contribution in [0.1, 0.15) is 6.92 Å². The summed E-state index contributed by atoms with van der Waals surface area (Å²) in [6, 6.07) is 8.46. The fourth-order valence-corrected chi connectivity index (χ4v) is 1.17. The van der Waals surface area contributed by atoms with Gasteiger partial charge in [-0.15, -0.1) is 0 Å². The van der Waals surface area contributed by atoms with Crippen LogP contribution in [-0.2, 0) is 4.79 Å². The largest absolute Gasteiger partial charge is 0.491 e. The highest BCUT2D eigenvalue weighted by atomic mass is 16.5. The van der Waals surface area contributed by atoms with E-state index in [0.29, 0.717) is 5.75 Å². The molecule has 0 aliphatic rings. The van der Waals surface area contributed by atoms with Crippen molar-refractivity contribution < 1.29 is 19.7 Å². The molecule has 5 heteroatoms. The average molecular weight is 239 g/mol. The van der Waals surface area contributed by atoms with E-state index in [2.05, 4.69) is 5.32 Å². The van der Waals surface area contributed by atoms with E-state index in [1.165, 1.54) is 6.92 Å². The van der Waals surface area contributed by atoms with Crippen LogP contribution in [0.5, 0.6) is 5.75 Å². The van der Waals surface area contributed by atoms with Crippen LogP contribution in [-0.4, -0.2) is 41.5 Å². The van der Waals surface area contributed by atoms with Crippen molar-refractivity contribution in [3.05, 3.63) is 30.3 Å².